The molecule has 2 rings (SSSR count). The lowest BCUT2D eigenvalue weighted by molar-refractivity contribution is -0.164. The molecule has 0 N–H and O–H groups in total. The molecule has 1 aliphatic heterocycles. The van der Waals surface area contributed by atoms with Crippen molar-refractivity contribution in [2.75, 3.05) is 20.3 Å². The first kappa shape index (κ1) is 25.9. The van der Waals surface area contributed by atoms with Gasteiger partial charge in [0.05, 0.1) is 26.4 Å². The van der Waals surface area contributed by atoms with Crippen LogP contribution in [0.4, 0.5) is 4.79 Å². The highest BCUT2D eigenvalue weighted by Gasteiger charge is 2.48. The van der Waals surface area contributed by atoms with E-state index in [9.17, 15) is 19.2 Å². The van der Waals surface area contributed by atoms with Crippen molar-refractivity contribution in [1.29, 1.82) is 0 Å². The van der Waals surface area contributed by atoms with Gasteiger partial charge in [-0.1, -0.05) is 18.2 Å². The summed E-state index contributed by atoms with van der Waals surface area (Å²) in [5, 5.41) is 0. The molecular formula is C24H31NO8. The molecule has 0 saturated heterocycles. The second-order valence-corrected chi connectivity index (χ2v) is 8.32. The van der Waals surface area contributed by atoms with Gasteiger partial charge in [-0.15, -0.1) is 0 Å². The highest BCUT2D eigenvalue weighted by atomic mass is 16.6. The average molecular weight is 462 g/mol. The van der Waals surface area contributed by atoms with Gasteiger partial charge in [-0.3, -0.25) is 14.4 Å². The Morgan fingerprint density at radius 1 is 1.06 bits per heavy atom. The van der Waals surface area contributed by atoms with Gasteiger partial charge < -0.3 is 18.9 Å². The van der Waals surface area contributed by atoms with Crippen molar-refractivity contribution in [2.45, 2.75) is 52.2 Å². The second kappa shape index (κ2) is 11.0. The minimum absolute atomic E-state index is 0.0365. The van der Waals surface area contributed by atoms with Crippen molar-refractivity contribution in [2.24, 2.45) is 5.92 Å². The Labute approximate surface area is 193 Å². The highest BCUT2D eigenvalue weighted by Crippen LogP contribution is 2.38. The lowest BCUT2D eigenvalue weighted by Crippen LogP contribution is -2.49. The summed E-state index contributed by atoms with van der Waals surface area (Å²) >= 11 is 0. The third-order valence-corrected chi connectivity index (χ3v) is 4.85. The summed E-state index contributed by atoms with van der Waals surface area (Å²) in [7, 11) is 1.48. The van der Waals surface area contributed by atoms with Gasteiger partial charge in [-0.25, -0.2) is 9.69 Å². The molecule has 1 aromatic carbocycles. The fourth-order valence-corrected chi connectivity index (χ4v) is 3.59. The Kier molecular flexibility index (Phi) is 8.62. The van der Waals surface area contributed by atoms with Crippen LogP contribution < -0.4 is 4.74 Å². The molecule has 2 amide bonds. The summed E-state index contributed by atoms with van der Waals surface area (Å²) in [4.78, 5) is 52.5. The van der Waals surface area contributed by atoms with E-state index in [1.807, 2.05) is 0 Å². The summed E-state index contributed by atoms with van der Waals surface area (Å²) in [6.07, 6.45) is 1.80. The van der Waals surface area contributed by atoms with E-state index >= 15 is 0 Å². The Bertz CT molecular complexity index is 899. The molecule has 1 heterocycles. The number of benzene rings is 1. The van der Waals surface area contributed by atoms with E-state index in [-0.39, 0.29) is 13.2 Å². The molecule has 0 saturated carbocycles. The van der Waals surface area contributed by atoms with Crippen molar-refractivity contribution in [3.05, 3.63) is 42.0 Å². The zero-order chi connectivity index (χ0) is 24.8. The van der Waals surface area contributed by atoms with Crippen LogP contribution in [0.3, 0.4) is 0 Å². The number of esters is 2. The standard InChI is InChI=1S/C24H31NO8/c1-7-31-21(27)20(22(28)32-8-2)19(15-10-9-11-16(14-15)30-6)17-12-13-18(26)25(17)23(29)33-24(3,4)5/h9-14,17,19-20H,7-8H2,1-6H3/t17-,19-/m0/s1. The van der Waals surface area contributed by atoms with Crippen molar-refractivity contribution < 1.29 is 38.1 Å². The number of rotatable bonds is 8. The van der Waals surface area contributed by atoms with Crippen molar-refractivity contribution in [3.63, 3.8) is 0 Å². The smallest absolute Gasteiger partial charge is 0.417 e. The molecule has 33 heavy (non-hydrogen) atoms. The van der Waals surface area contributed by atoms with Crippen LogP contribution in [0.2, 0.25) is 0 Å². The van der Waals surface area contributed by atoms with Crippen LogP contribution in [0.15, 0.2) is 36.4 Å². The maximum Gasteiger partial charge on any atom is 0.417 e. The topological polar surface area (TPSA) is 108 Å². The van der Waals surface area contributed by atoms with Gasteiger partial charge >= 0.3 is 18.0 Å². The third kappa shape index (κ3) is 6.34. The molecule has 9 heteroatoms. The molecule has 0 spiro atoms. The summed E-state index contributed by atoms with van der Waals surface area (Å²) in [6.45, 7) is 8.33. The molecule has 1 aromatic rings. The first-order chi connectivity index (χ1) is 15.5. The first-order valence-corrected chi connectivity index (χ1v) is 10.8. The average Bonchev–Trinajstić information content (AvgIpc) is 3.11. The van der Waals surface area contributed by atoms with E-state index in [2.05, 4.69) is 0 Å². The predicted molar refractivity (Wildman–Crippen MR) is 118 cm³/mol. The van der Waals surface area contributed by atoms with Crippen molar-refractivity contribution in [1.82, 2.24) is 4.90 Å². The molecule has 2 atom stereocenters. The van der Waals surface area contributed by atoms with E-state index in [0.717, 1.165) is 4.90 Å². The zero-order valence-electron chi connectivity index (χ0n) is 19.8. The summed E-state index contributed by atoms with van der Waals surface area (Å²) in [5.74, 6) is -4.23. The summed E-state index contributed by atoms with van der Waals surface area (Å²) < 4.78 is 21.1. The Morgan fingerprint density at radius 2 is 1.67 bits per heavy atom. The van der Waals surface area contributed by atoms with Gasteiger partial charge in [0.15, 0.2) is 5.92 Å². The van der Waals surface area contributed by atoms with E-state index < -0.39 is 47.4 Å². The largest absolute Gasteiger partial charge is 0.497 e. The van der Waals surface area contributed by atoms with E-state index in [0.29, 0.717) is 11.3 Å². The number of carbonyl (C=O) groups excluding carboxylic acids is 4. The van der Waals surface area contributed by atoms with E-state index in [1.165, 1.54) is 19.3 Å². The molecule has 9 nitrogen and oxygen atoms in total. The lowest BCUT2D eigenvalue weighted by atomic mass is 9.80. The van der Waals surface area contributed by atoms with Crippen molar-refractivity contribution >= 4 is 23.9 Å². The van der Waals surface area contributed by atoms with Crippen LogP contribution in [0.5, 0.6) is 5.75 Å². The molecule has 0 unspecified atom stereocenters. The second-order valence-electron chi connectivity index (χ2n) is 8.32. The van der Waals surface area contributed by atoms with E-state index in [4.69, 9.17) is 18.9 Å². The number of amides is 2. The predicted octanol–water partition coefficient (Wildman–Crippen LogP) is 3.22. The Hall–Kier alpha value is -3.36. The van der Waals surface area contributed by atoms with Gasteiger partial charge in [0.25, 0.3) is 5.91 Å². The molecule has 0 bridgehead atoms. The number of hydrogen-bond acceptors (Lipinski definition) is 8. The molecule has 0 radical (unpaired) electrons. The zero-order valence-corrected chi connectivity index (χ0v) is 19.8. The highest BCUT2D eigenvalue weighted by molar-refractivity contribution is 6.02. The number of imide groups is 1. The number of ether oxygens (including phenoxy) is 4. The number of methoxy groups -OCH3 is 1. The normalized spacial score (nSPS) is 16.5. The molecular weight excluding hydrogens is 430 g/mol. The molecule has 180 valence electrons. The first-order valence-electron chi connectivity index (χ1n) is 10.8. The molecule has 0 fully saturated rings. The lowest BCUT2D eigenvalue weighted by Gasteiger charge is -2.34. The van der Waals surface area contributed by atoms with Crippen LogP contribution in [0.25, 0.3) is 0 Å². The summed E-state index contributed by atoms with van der Waals surface area (Å²) in [5.41, 5.74) is -0.379. The summed E-state index contributed by atoms with van der Waals surface area (Å²) in [6, 6.07) is 5.71. The fourth-order valence-electron chi connectivity index (χ4n) is 3.59. The Balaban J connectivity index is 2.65. The maximum atomic E-state index is 13.0. The monoisotopic (exact) mass is 461 g/mol. The van der Waals surface area contributed by atoms with Crippen LogP contribution in [0, 0.1) is 5.92 Å². The quantitative estimate of drug-likeness (QED) is 0.330. The maximum absolute atomic E-state index is 13.0. The van der Waals surface area contributed by atoms with Crippen LogP contribution in [-0.2, 0) is 28.6 Å². The van der Waals surface area contributed by atoms with Gasteiger partial charge in [-0.05, 0) is 52.3 Å². The Morgan fingerprint density at radius 3 is 2.18 bits per heavy atom. The minimum Gasteiger partial charge on any atom is -0.497 e. The number of carbonyl (C=O) groups is 4. The van der Waals surface area contributed by atoms with Gasteiger partial charge in [0.1, 0.15) is 11.4 Å². The fraction of sp³-hybridized carbons (Fsp3) is 0.500. The molecule has 0 aromatic heterocycles. The van der Waals surface area contributed by atoms with Crippen LogP contribution in [-0.4, -0.2) is 60.8 Å². The molecule has 0 aliphatic carbocycles. The van der Waals surface area contributed by atoms with Gasteiger partial charge in [0, 0.05) is 12.0 Å². The van der Waals surface area contributed by atoms with Crippen LogP contribution in [0.1, 0.15) is 46.1 Å². The van der Waals surface area contributed by atoms with Crippen molar-refractivity contribution in [3.8, 4) is 5.75 Å². The minimum atomic E-state index is -1.44. The van der Waals surface area contributed by atoms with Gasteiger partial charge in [-0.2, -0.15) is 0 Å². The molecule has 1 aliphatic rings. The van der Waals surface area contributed by atoms with E-state index in [1.54, 1.807) is 58.9 Å². The number of hydrogen-bond donors (Lipinski definition) is 0. The number of nitrogens with zero attached hydrogens (tertiary/aromatic N) is 1. The SMILES string of the molecule is CCOC(=O)C(C(=O)OCC)[C@@H](c1cccc(OC)c1)[C@@H]1C=CC(=O)N1C(=O)OC(C)(C)C. The third-order valence-electron chi connectivity index (χ3n) is 4.85. The van der Waals surface area contributed by atoms with Crippen LogP contribution >= 0.6 is 0 Å². The van der Waals surface area contributed by atoms with Gasteiger partial charge in [0.2, 0.25) is 0 Å².